The van der Waals surface area contributed by atoms with Crippen LogP contribution in [-0.2, 0) is 16.2 Å². The van der Waals surface area contributed by atoms with Crippen LogP contribution in [0.3, 0.4) is 0 Å². The molecule has 0 saturated carbocycles. The lowest BCUT2D eigenvalue weighted by Gasteiger charge is -2.33. The highest BCUT2D eigenvalue weighted by atomic mass is 15.2. The molecule has 2 nitrogen and oxygen atoms in total. The summed E-state index contributed by atoms with van der Waals surface area (Å²) in [5, 5.41) is 0. The lowest BCUT2D eigenvalue weighted by atomic mass is 9.70. The molecule has 0 N–H and O–H groups in total. The van der Waals surface area contributed by atoms with Gasteiger partial charge in [-0.25, -0.2) is 0 Å². The molecule has 0 bridgehead atoms. The third kappa shape index (κ3) is 6.62. The van der Waals surface area contributed by atoms with Crippen molar-refractivity contribution in [2.75, 3.05) is 9.80 Å². The van der Waals surface area contributed by atoms with Gasteiger partial charge in [-0.1, -0.05) is 258 Å². The van der Waals surface area contributed by atoms with Crippen LogP contribution in [0.1, 0.15) is 72.2 Å². The Hall–Kier alpha value is -9.76. The average molecular weight is 1040 g/mol. The number of rotatable bonds is 8. The van der Waals surface area contributed by atoms with Gasteiger partial charge in [-0.05, 0) is 138 Å². The molecule has 12 aromatic rings. The zero-order valence-corrected chi connectivity index (χ0v) is 46.0. The minimum Gasteiger partial charge on any atom is -0.309 e. The van der Waals surface area contributed by atoms with Crippen LogP contribution in [0.25, 0.3) is 66.8 Å². The fourth-order valence-corrected chi connectivity index (χ4v) is 15.1. The number of nitrogens with zero attached hydrogens (tertiary/aromatic N) is 2. The SMILES string of the molecule is CC1(C)c2ccccc2-c2ccc(N(c3ccccc3-c3ccccc3)c3cccc4c3-c3c(N(c5ccc6c(c5)C(C)(C)c5ccccc5-6)c5ccccc5-c5ccccc5)cccc3C43c4ccccc4-c4ccccc43)cc21. The number of benzene rings is 12. The standard InChI is InChI=1S/C79H58N2/c1-77(2)63-35-17-11-31-57(63)61-47-45-53(49-69(61)77)80(71-41-21-15-29-55(71)51-25-7-5-8-26-51)73-43-23-39-67-75(73)76-68(79(67)65-37-19-13-33-59(65)60-34-14-20-38-66(60)79)40-24-44-74(76)81(72-42-22-16-30-56(72)52-27-9-6-10-28-52)54-46-48-62-58-32-12-18-36-64(58)78(3,4)70(62)50-54/h5-50H,1-4H3. The highest BCUT2D eigenvalue weighted by Gasteiger charge is 2.54. The van der Waals surface area contributed by atoms with Crippen LogP contribution in [0.2, 0.25) is 0 Å². The van der Waals surface area contributed by atoms with Crippen molar-refractivity contribution >= 4 is 34.1 Å². The van der Waals surface area contributed by atoms with Gasteiger partial charge in [0.25, 0.3) is 0 Å². The first-order valence-electron chi connectivity index (χ1n) is 28.6. The Morgan fingerprint density at radius 3 is 0.926 bits per heavy atom. The van der Waals surface area contributed by atoms with Gasteiger partial charge in [0.15, 0.2) is 0 Å². The third-order valence-electron chi connectivity index (χ3n) is 18.7. The second kappa shape index (κ2) is 17.6. The summed E-state index contributed by atoms with van der Waals surface area (Å²) >= 11 is 0. The van der Waals surface area contributed by atoms with E-state index in [0.717, 1.165) is 45.3 Å². The summed E-state index contributed by atoms with van der Waals surface area (Å²) in [4.78, 5) is 5.20. The lowest BCUT2D eigenvalue weighted by Crippen LogP contribution is -2.26. The van der Waals surface area contributed by atoms with Gasteiger partial charge in [0, 0.05) is 44.5 Å². The molecule has 0 fully saturated rings. The Kier molecular flexibility index (Phi) is 10.3. The number of hydrogen-bond donors (Lipinski definition) is 0. The van der Waals surface area contributed by atoms with Gasteiger partial charge < -0.3 is 9.80 Å². The van der Waals surface area contributed by atoms with Crippen LogP contribution < -0.4 is 9.80 Å². The summed E-state index contributed by atoms with van der Waals surface area (Å²) < 4.78 is 0. The molecule has 384 valence electrons. The first-order chi connectivity index (χ1) is 39.7. The first-order valence-corrected chi connectivity index (χ1v) is 28.6. The van der Waals surface area contributed by atoms with Gasteiger partial charge in [-0.15, -0.1) is 0 Å². The van der Waals surface area contributed by atoms with E-state index in [1.54, 1.807) is 0 Å². The first kappa shape index (κ1) is 47.3. The molecule has 1 spiro atoms. The number of hydrogen-bond acceptors (Lipinski definition) is 2. The monoisotopic (exact) mass is 1030 g/mol. The predicted octanol–water partition coefficient (Wildman–Crippen LogP) is 20.9. The Labute approximate surface area is 475 Å². The van der Waals surface area contributed by atoms with Gasteiger partial charge >= 0.3 is 0 Å². The van der Waals surface area contributed by atoms with Gasteiger partial charge in [-0.3, -0.25) is 0 Å². The molecular weight excluding hydrogens is 977 g/mol. The minimum absolute atomic E-state index is 0.218. The lowest BCUT2D eigenvalue weighted by molar-refractivity contribution is 0.660. The Balaban J connectivity index is 1.04. The van der Waals surface area contributed by atoms with Crippen LogP contribution in [0, 0.1) is 0 Å². The summed E-state index contributed by atoms with van der Waals surface area (Å²) in [7, 11) is 0. The molecule has 4 aliphatic carbocycles. The van der Waals surface area contributed by atoms with Gasteiger partial charge in [-0.2, -0.15) is 0 Å². The molecular formula is C79H58N2. The Morgan fingerprint density at radius 2 is 0.519 bits per heavy atom. The van der Waals surface area contributed by atoms with E-state index in [9.17, 15) is 0 Å². The van der Waals surface area contributed by atoms with Crippen LogP contribution >= 0.6 is 0 Å². The van der Waals surface area contributed by atoms with E-state index in [0.29, 0.717) is 0 Å². The quantitative estimate of drug-likeness (QED) is 0.150. The molecule has 0 saturated heterocycles. The van der Waals surface area contributed by atoms with Crippen molar-refractivity contribution in [2.24, 2.45) is 0 Å². The molecule has 16 rings (SSSR count). The van der Waals surface area contributed by atoms with Gasteiger partial charge in [0.05, 0.1) is 28.2 Å². The maximum absolute atomic E-state index is 2.60. The van der Waals surface area contributed by atoms with Crippen LogP contribution in [0.5, 0.6) is 0 Å². The number of anilines is 6. The van der Waals surface area contributed by atoms with Crippen LogP contribution in [0.15, 0.2) is 279 Å². The number of para-hydroxylation sites is 2. The Morgan fingerprint density at radius 1 is 0.222 bits per heavy atom. The molecule has 0 aromatic heterocycles. The molecule has 0 amide bonds. The minimum atomic E-state index is -0.651. The molecule has 0 radical (unpaired) electrons. The molecule has 81 heavy (non-hydrogen) atoms. The van der Waals surface area contributed by atoms with Crippen molar-refractivity contribution in [1.29, 1.82) is 0 Å². The van der Waals surface area contributed by atoms with Crippen LogP contribution in [0.4, 0.5) is 34.1 Å². The molecule has 0 heterocycles. The van der Waals surface area contributed by atoms with E-state index in [2.05, 4.69) is 317 Å². The summed E-state index contributed by atoms with van der Waals surface area (Å²) in [6.45, 7) is 9.58. The summed E-state index contributed by atoms with van der Waals surface area (Å²) in [5.74, 6) is 0. The maximum atomic E-state index is 2.60. The van der Waals surface area contributed by atoms with E-state index in [4.69, 9.17) is 0 Å². The number of fused-ring (bicyclic) bond motifs is 16. The molecule has 0 unspecified atom stereocenters. The second-order valence-corrected chi connectivity index (χ2v) is 23.5. The highest BCUT2D eigenvalue weighted by Crippen LogP contribution is 2.67. The Bertz CT molecular complexity index is 4250. The van der Waals surface area contributed by atoms with Crippen molar-refractivity contribution in [3.63, 3.8) is 0 Å². The summed E-state index contributed by atoms with van der Waals surface area (Å²) in [6.07, 6.45) is 0. The van der Waals surface area contributed by atoms with E-state index in [1.165, 1.54) is 100 Å². The molecule has 0 aliphatic heterocycles. The topological polar surface area (TPSA) is 6.48 Å². The van der Waals surface area contributed by atoms with E-state index < -0.39 is 5.41 Å². The molecule has 2 heteroatoms. The van der Waals surface area contributed by atoms with Crippen molar-refractivity contribution < 1.29 is 0 Å². The molecule has 12 aromatic carbocycles. The zero-order chi connectivity index (χ0) is 54.2. The fourth-order valence-electron chi connectivity index (χ4n) is 15.1. The van der Waals surface area contributed by atoms with Crippen molar-refractivity contribution in [1.82, 2.24) is 0 Å². The van der Waals surface area contributed by atoms with E-state index in [1.807, 2.05) is 0 Å². The van der Waals surface area contributed by atoms with Crippen LogP contribution in [-0.4, -0.2) is 0 Å². The molecule has 4 aliphatic rings. The highest BCUT2D eigenvalue weighted by molar-refractivity contribution is 6.08. The average Bonchev–Trinajstić information content (AvgIpc) is 2.38. The van der Waals surface area contributed by atoms with E-state index in [-0.39, 0.29) is 10.8 Å². The maximum Gasteiger partial charge on any atom is 0.0727 e. The smallest absolute Gasteiger partial charge is 0.0727 e. The normalized spacial score (nSPS) is 14.5. The van der Waals surface area contributed by atoms with Crippen molar-refractivity contribution in [3.8, 4) is 66.8 Å². The third-order valence-corrected chi connectivity index (χ3v) is 18.7. The summed E-state index contributed by atoms with van der Waals surface area (Å²) in [6, 6.07) is 105. The zero-order valence-electron chi connectivity index (χ0n) is 46.0. The van der Waals surface area contributed by atoms with Gasteiger partial charge in [0.1, 0.15) is 0 Å². The second-order valence-electron chi connectivity index (χ2n) is 23.5. The molecule has 0 atom stereocenters. The van der Waals surface area contributed by atoms with E-state index >= 15 is 0 Å². The largest absolute Gasteiger partial charge is 0.309 e. The van der Waals surface area contributed by atoms with Crippen molar-refractivity contribution in [2.45, 2.75) is 43.9 Å². The van der Waals surface area contributed by atoms with Crippen molar-refractivity contribution in [3.05, 3.63) is 324 Å². The predicted molar refractivity (Wildman–Crippen MR) is 338 cm³/mol. The summed E-state index contributed by atoms with van der Waals surface area (Å²) in [5.41, 5.74) is 31.1. The van der Waals surface area contributed by atoms with Gasteiger partial charge in [0.2, 0.25) is 0 Å². The fraction of sp³-hybridized carbons (Fsp3) is 0.0886.